The van der Waals surface area contributed by atoms with Crippen molar-refractivity contribution in [3.63, 3.8) is 0 Å². The zero-order chi connectivity index (χ0) is 15.7. The van der Waals surface area contributed by atoms with Crippen molar-refractivity contribution >= 4 is 11.8 Å². The molecule has 7 nitrogen and oxygen atoms in total. The van der Waals surface area contributed by atoms with Gasteiger partial charge in [0.1, 0.15) is 17.7 Å². The Morgan fingerprint density at radius 2 is 1.90 bits per heavy atom. The average molecular weight is 283 g/mol. The number of hydrogen-bond acceptors (Lipinski definition) is 5. The van der Waals surface area contributed by atoms with Crippen molar-refractivity contribution < 1.29 is 9.59 Å². The third kappa shape index (κ3) is 5.05. The summed E-state index contributed by atoms with van der Waals surface area (Å²) in [6.45, 7) is 1.56. The van der Waals surface area contributed by atoms with Gasteiger partial charge in [-0.1, -0.05) is 18.2 Å². The first-order valence-electron chi connectivity index (χ1n) is 5.97. The predicted octanol–water partition coefficient (Wildman–Crippen LogP) is 0.277. The number of nitrogens with zero attached hydrogens (tertiary/aromatic N) is 2. The summed E-state index contributed by atoms with van der Waals surface area (Å²) in [6.07, 6.45) is 1.06. The van der Waals surface area contributed by atoms with Crippen LogP contribution in [0.25, 0.3) is 0 Å². The number of allylic oxidation sites excluding steroid dienone is 1. The number of rotatable bonds is 5. The highest BCUT2D eigenvalue weighted by atomic mass is 16.2. The molecule has 3 N–H and O–H groups in total. The van der Waals surface area contributed by atoms with Crippen LogP contribution in [0, 0.1) is 29.6 Å². The maximum atomic E-state index is 11.8. The number of hydrogen-bond donors (Lipinski definition) is 3. The lowest BCUT2D eigenvalue weighted by molar-refractivity contribution is -0.120. The molecule has 0 aliphatic rings. The van der Waals surface area contributed by atoms with Crippen LogP contribution >= 0.6 is 0 Å². The van der Waals surface area contributed by atoms with Gasteiger partial charge in [0.25, 0.3) is 11.8 Å². The summed E-state index contributed by atoms with van der Waals surface area (Å²) >= 11 is 0. The Bertz CT molecular complexity index is 636. The van der Waals surface area contributed by atoms with Gasteiger partial charge < -0.3 is 10.7 Å². The van der Waals surface area contributed by atoms with Crippen LogP contribution in [0.2, 0.25) is 0 Å². The monoisotopic (exact) mass is 283 g/mol. The van der Waals surface area contributed by atoms with E-state index in [0.29, 0.717) is 5.56 Å². The molecule has 1 aromatic rings. The van der Waals surface area contributed by atoms with Crippen molar-refractivity contribution in [1.29, 1.82) is 10.5 Å². The van der Waals surface area contributed by atoms with E-state index < -0.39 is 5.91 Å². The van der Waals surface area contributed by atoms with Crippen LogP contribution in [0.15, 0.2) is 36.0 Å². The number of nitrogens with one attached hydrogen (secondary N) is 3. The van der Waals surface area contributed by atoms with Crippen molar-refractivity contribution in [2.75, 3.05) is 6.54 Å². The quantitative estimate of drug-likeness (QED) is 0.530. The van der Waals surface area contributed by atoms with Gasteiger partial charge in [0, 0.05) is 11.8 Å². The van der Waals surface area contributed by atoms with Crippen molar-refractivity contribution in [3.8, 4) is 12.1 Å². The van der Waals surface area contributed by atoms with Crippen LogP contribution in [-0.4, -0.2) is 18.4 Å². The van der Waals surface area contributed by atoms with Crippen molar-refractivity contribution in [2.45, 2.75) is 6.92 Å². The Morgan fingerprint density at radius 3 is 2.52 bits per heavy atom. The molecule has 1 aromatic carbocycles. The molecule has 0 aromatic heterocycles. The third-order valence-corrected chi connectivity index (χ3v) is 2.47. The minimum absolute atomic E-state index is 0.181. The summed E-state index contributed by atoms with van der Waals surface area (Å²) in [6, 6.07) is 10.3. The maximum Gasteiger partial charge on any atom is 0.257 e. The number of amides is 2. The van der Waals surface area contributed by atoms with Gasteiger partial charge in [-0.2, -0.15) is 10.5 Å². The molecule has 0 bridgehead atoms. The minimum Gasteiger partial charge on any atom is -0.343 e. The molecular formula is C14H13N5O2. The van der Waals surface area contributed by atoms with Gasteiger partial charge in [-0.3, -0.25) is 15.0 Å². The van der Waals surface area contributed by atoms with E-state index in [1.807, 2.05) is 6.07 Å². The van der Waals surface area contributed by atoms with Gasteiger partial charge in [0.05, 0.1) is 6.54 Å². The standard InChI is InChI=1S/C14H13N5O2/c1-10-4-2-3-5-12(10)14(21)17-9-13(20)19-18-8-11(6-15)7-16/h2-5,8,18H,9H2,1H3,(H,17,21)(H,19,20). The minimum atomic E-state index is -0.511. The number of carbonyl (C=O) groups excluding carboxylic acids is 2. The van der Waals surface area contributed by atoms with Crippen LogP contribution in [0.3, 0.4) is 0 Å². The average Bonchev–Trinajstić information content (AvgIpc) is 2.49. The molecule has 0 heterocycles. The van der Waals surface area contributed by atoms with Gasteiger partial charge >= 0.3 is 0 Å². The number of hydrazine groups is 1. The molecule has 0 radical (unpaired) electrons. The van der Waals surface area contributed by atoms with Crippen LogP contribution < -0.4 is 16.2 Å². The Balaban J connectivity index is 2.43. The van der Waals surface area contributed by atoms with Crippen molar-refractivity contribution in [3.05, 3.63) is 47.2 Å². The van der Waals surface area contributed by atoms with Crippen LogP contribution in [0.1, 0.15) is 15.9 Å². The zero-order valence-electron chi connectivity index (χ0n) is 11.3. The van der Waals surface area contributed by atoms with E-state index in [-0.39, 0.29) is 18.0 Å². The molecule has 2 amide bonds. The molecule has 106 valence electrons. The summed E-state index contributed by atoms with van der Waals surface area (Å²) < 4.78 is 0. The molecule has 0 fully saturated rings. The number of benzene rings is 1. The molecule has 0 atom stereocenters. The fourth-order valence-corrected chi connectivity index (χ4v) is 1.41. The molecule has 0 spiro atoms. The normalized spacial score (nSPS) is 8.71. The van der Waals surface area contributed by atoms with Crippen LogP contribution in [0.5, 0.6) is 0 Å². The van der Waals surface area contributed by atoms with E-state index in [1.54, 1.807) is 37.3 Å². The van der Waals surface area contributed by atoms with E-state index in [9.17, 15) is 9.59 Å². The Kier molecular flexibility index (Phi) is 5.97. The maximum absolute atomic E-state index is 11.8. The Hall–Kier alpha value is -3.32. The van der Waals surface area contributed by atoms with Gasteiger partial charge in [-0.05, 0) is 18.6 Å². The third-order valence-electron chi connectivity index (χ3n) is 2.47. The van der Waals surface area contributed by atoms with E-state index in [0.717, 1.165) is 11.8 Å². The molecule has 1 rings (SSSR count). The second-order valence-corrected chi connectivity index (χ2v) is 3.97. The SMILES string of the molecule is Cc1ccccc1C(=O)NCC(=O)NNC=C(C#N)C#N. The highest BCUT2D eigenvalue weighted by molar-refractivity contribution is 5.97. The Morgan fingerprint density at radius 1 is 1.24 bits per heavy atom. The lowest BCUT2D eigenvalue weighted by Gasteiger charge is -2.08. The summed E-state index contributed by atoms with van der Waals surface area (Å²) in [7, 11) is 0. The zero-order valence-corrected chi connectivity index (χ0v) is 11.3. The summed E-state index contributed by atoms with van der Waals surface area (Å²) in [5.41, 5.74) is 5.65. The number of carbonyl (C=O) groups is 2. The number of nitriles is 2. The van der Waals surface area contributed by atoms with Crippen molar-refractivity contribution in [1.82, 2.24) is 16.2 Å². The van der Waals surface area contributed by atoms with Crippen LogP contribution in [0.4, 0.5) is 0 Å². The van der Waals surface area contributed by atoms with Gasteiger partial charge in [-0.15, -0.1) is 0 Å². The molecular weight excluding hydrogens is 270 g/mol. The summed E-state index contributed by atoms with van der Waals surface area (Å²) in [5.74, 6) is -0.864. The summed E-state index contributed by atoms with van der Waals surface area (Å²) in [4.78, 5) is 23.3. The summed E-state index contributed by atoms with van der Waals surface area (Å²) in [5, 5.41) is 19.4. The molecule has 7 heteroatoms. The first kappa shape index (κ1) is 15.7. The first-order chi connectivity index (χ1) is 10.1. The molecule has 0 unspecified atom stereocenters. The smallest absolute Gasteiger partial charge is 0.257 e. The van der Waals surface area contributed by atoms with E-state index in [4.69, 9.17) is 10.5 Å². The molecule has 0 saturated carbocycles. The van der Waals surface area contributed by atoms with E-state index >= 15 is 0 Å². The molecule has 0 saturated heterocycles. The van der Waals surface area contributed by atoms with Gasteiger partial charge in [0.15, 0.2) is 0 Å². The molecule has 0 aliphatic heterocycles. The highest BCUT2D eigenvalue weighted by Crippen LogP contribution is 2.05. The molecule has 21 heavy (non-hydrogen) atoms. The topological polar surface area (TPSA) is 118 Å². The second-order valence-electron chi connectivity index (χ2n) is 3.97. The van der Waals surface area contributed by atoms with E-state index in [2.05, 4.69) is 16.2 Å². The number of aryl methyl sites for hydroxylation is 1. The highest BCUT2D eigenvalue weighted by Gasteiger charge is 2.09. The molecule has 0 aliphatic carbocycles. The Labute approximate surface area is 121 Å². The van der Waals surface area contributed by atoms with Gasteiger partial charge in [-0.25, -0.2) is 0 Å². The van der Waals surface area contributed by atoms with Crippen LogP contribution in [-0.2, 0) is 4.79 Å². The lowest BCUT2D eigenvalue weighted by atomic mass is 10.1. The van der Waals surface area contributed by atoms with Gasteiger partial charge in [0.2, 0.25) is 0 Å². The largest absolute Gasteiger partial charge is 0.343 e. The second kappa shape index (κ2) is 7.97. The fourth-order valence-electron chi connectivity index (χ4n) is 1.41. The van der Waals surface area contributed by atoms with E-state index in [1.165, 1.54) is 0 Å². The predicted molar refractivity (Wildman–Crippen MR) is 74.1 cm³/mol. The van der Waals surface area contributed by atoms with Crippen molar-refractivity contribution in [2.24, 2.45) is 0 Å². The fraction of sp³-hybridized carbons (Fsp3) is 0.143. The lowest BCUT2D eigenvalue weighted by Crippen LogP contribution is -2.41. The first-order valence-corrected chi connectivity index (χ1v) is 5.97.